The maximum atomic E-state index is 13.1. The number of hydrogen-bond donors (Lipinski definition) is 1. The van der Waals surface area contributed by atoms with Crippen molar-refractivity contribution in [3.63, 3.8) is 0 Å². The fourth-order valence-electron chi connectivity index (χ4n) is 4.52. The molecule has 4 amide bonds. The van der Waals surface area contributed by atoms with Crippen LogP contribution in [0.3, 0.4) is 0 Å². The summed E-state index contributed by atoms with van der Waals surface area (Å²) in [6.07, 6.45) is 6.31. The summed E-state index contributed by atoms with van der Waals surface area (Å²) >= 11 is 0. The second kappa shape index (κ2) is 7.94. The Hall–Kier alpha value is -3.15. The number of aromatic nitrogens is 1. The van der Waals surface area contributed by atoms with Crippen molar-refractivity contribution in [3.05, 3.63) is 58.4 Å². The number of nitrogens with one attached hydrogen (secondary N) is 1. The van der Waals surface area contributed by atoms with Crippen molar-refractivity contribution in [1.29, 1.82) is 0 Å². The molecule has 1 aliphatic heterocycles. The van der Waals surface area contributed by atoms with Gasteiger partial charge in [-0.25, -0.2) is 4.79 Å². The summed E-state index contributed by atoms with van der Waals surface area (Å²) in [5.74, 6) is -1.12. The van der Waals surface area contributed by atoms with E-state index in [0.717, 1.165) is 54.7 Å². The van der Waals surface area contributed by atoms with E-state index in [9.17, 15) is 14.4 Å². The first-order valence-corrected chi connectivity index (χ1v) is 10.5. The van der Waals surface area contributed by atoms with Crippen LogP contribution in [0.1, 0.15) is 54.6 Å². The smallest absolute Gasteiger partial charge is 0.318 e. The Morgan fingerprint density at radius 3 is 2.30 bits per heavy atom. The minimum atomic E-state index is -0.628. The van der Waals surface area contributed by atoms with Crippen LogP contribution in [0.2, 0.25) is 0 Å². The summed E-state index contributed by atoms with van der Waals surface area (Å²) in [5.41, 5.74) is 4.96. The molecule has 0 radical (unpaired) electrons. The fraction of sp³-hybridized carbons (Fsp3) is 0.375. The van der Waals surface area contributed by atoms with Gasteiger partial charge in [0, 0.05) is 23.1 Å². The van der Waals surface area contributed by atoms with Crippen molar-refractivity contribution in [1.82, 2.24) is 14.8 Å². The van der Waals surface area contributed by atoms with E-state index in [1.165, 1.54) is 10.5 Å². The molecule has 30 heavy (non-hydrogen) atoms. The largest absolute Gasteiger partial charge is 0.331 e. The SMILES string of the molecule is Cc1ccc(-n2c(C)cc(C=C3C(=O)NC(=O)N(C4CCCCC4)C3=O)c2C)cc1. The molecule has 2 aliphatic rings. The monoisotopic (exact) mass is 405 g/mol. The molecule has 1 aromatic carbocycles. The van der Waals surface area contributed by atoms with E-state index in [4.69, 9.17) is 0 Å². The predicted octanol–water partition coefficient (Wildman–Crippen LogP) is 4.20. The van der Waals surface area contributed by atoms with Crippen LogP contribution in [0, 0.1) is 20.8 Å². The minimum Gasteiger partial charge on any atom is -0.318 e. The van der Waals surface area contributed by atoms with Gasteiger partial charge in [-0.15, -0.1) is 0 Å². The van der Waals surface area contributed by atoms with Gasteiger partial charge in [0.1, 0.15) is 5.57 Å². The molecule has 2 aromatic rings. The quantitative estimate of drug-likeness (QED) is 0.615. The third-order valence-corrected chi connectivity index (χ3v) is 6.14. The molecular weight excluding hydrogens is 378 g/mol. The number of carbonyl (C=O) groups excluding carboxylic acids is 3. The normalized spacial score (nSPS) is 19.5. The second-order valence-corrected chi connectivity index (χ2v) is 8.28. The number of nitrogens with zero attached hydrogens (tertiary/aromatic N) is 2. The Bertz CT molecular complexity index is 1040. The lowest BCUT2D eigenvalue weighted by atomic mass is 9.93. The molecule has 1 aliphatic carbocycles. The van der Waals surface area contributed by atoms with E-state index in [1.54, 1.807) is 6.08 Å². The molecule has 1 aromatic heterocycles. The average Bonchev–Trinajstić information content (AvgIpc) is 3.00. The topological polar surface area (TPSA) is 71.4 Å². The number of carbonyl (C=O) groups is 3. The van der Waals surface area contributed by atoms with Crippen LogP contribution in [0.5, 0.6) is 0 Å². The summed E-state index contributed by atoms with van der Waals surface area (Å²) in [7, 11) is 0. The van der Waals surface area contributed by atoms with Crippen molar-refractivity contribution < 1.29 is 14.4 Å². The van der Waals surface area contributed by atoms with Gasteiger partial charge in [0.2, 0.25) is 0 Å². The summed E-state index contributed by atoms with van der Waals surface area (Å²) in [5, 5.41) is 2.36. The van der Waals surface area contributed by atoms with Crippen molar-refractivity contribution >= 4 is 23.9 Å². The molecule has 2 fully saturated rings. The van der Waals surface area contributed by atoms with E-state index < -0.39 is 17.8 Å². The fourth-order valence-corrected chi connectivity index (χ4v) is 4.52. The number of amides is 4. The number of barbiturate groups is 1. The Morgan fingerprint density at radius 1 is 0.967 bits per heavy atom. The number of imide groups is 2. The maximum Gasteiger partial charge on any atom is 0.331 e. The van der Waals surface area contributed by atoms with E-state index in [0.29, 0.717) is 0 Å². The van der Waals surface area contributed by atoms with Gasteiger partial charge in [0.05, 0.1) is 0 Å². The highest BCUT2D eigenvalue weighted by Crippen LogP contribution is 2.28. The van der Waals surface area contributed by atoms with Crippen LogP contribution >= 0.6 is 0 Å². The summed E-state index contributed by atoms with van der Waals surface area (Å²) < 4.78 is 2.10. The molecular formula is C24H27N3O3. The first kappa shape index (κ1) is 20.1. The number of urea groups is 1. The highest BCUT2D eigenvalue weighted by atomic mass is 16.2. The van der Waals surface area contributed by atoms with Crippen molar-refractivity contribution in [2.24, 2.45) is 0 Å². The number of aryl methyl sites for hydroxylation is 2. The molecule has 4 rings (SSSR count). The zero-order chi connectivity index (χ0) is 21.4. The Morgan fingerprint density at radius 2 is 1.63 bits per heavy atom. The first-order valence-electron chi connectivity index (χ1n) is 10.5. The number of rotatable bonds is 3. The lowest BCUT2D eigenvalue weighted by Gasteiger charge is -2.35. The van der Waals surface area contributed by atoms with Gasteiger partial charge in [-0.05, 0) is 63.5 Å². The van der Waals surface area contributed by atoms with Crippen molar-refractivity contribution in [2.75, 3.05) is 0 Å². The van der Waals surface area contributed by atoms with Crippen LogP contribution in [0.25, 0.3) is 11.8 Å². The summed E-state index contributed by atoms with van der Waals surface area (Å²) in [6, 6.07) is 9.44. The maximum absolute atomic E-state index is 13.1. The van der Waals surface area contributed by atoms with Crippen molar-refractivity contribution in [3.8, 4) is 5.69 Å². The van der Waals surface area contributed by atoms with Crippen LogP contribution in [0.4, 0.5) is 4.79 Å². The molecule has 0 bridgehead atoms. The molecule has 0 unspecified atom stereocenters. The van der Waals surface area contributed by atoms with E-state index in [1.807, 2.05) is 39.0 Å². The lowest BCUT2D eigenvalue weighted by molar-refractivity contribution is -0.132. The van der Waals surface area contributed by atoms with Gasteiger partial charge in [0.25, 0.3) is 11.8 Å². The van der Waals surface area contributed by atoms with E-state index in [-0.39, 0.29) is 11.6 Å². The average molecular weight is 405 g/mol. The molecule has 0 spiro atoms. The van der Waals surface area contributed by atoms with E-state index >= 15 is 0 Å². The Kier molecular flexibility index (Phi) is 5.33. The molecule has 0 atom stereocenters. The lowest BCUT2D eigenvalue weighted by Crippen LogP contribution is -2.58. The molecule has 6 heteroatoms. The second-order valence-electron chi connectivity index (χ2n) is 8.28. The van der Waals surface area contributed by atoms with Crippen LogP contribution in [-0.4, -0.2) is 33.4 Å². The Labute approximate surface area is 176 Å². The highest BCUT2D eigenvalue weighted by molar-refractivity contribution is 6.31. The zero-order valence-electron chi connectivity index (χ0n) is 17.7. The molecule has 6 nitrogen and oxygen atoms in total. The van der Waals surface area contributed by atoms with Crippen molar-refractivity contribution in [2.45, 2.75) is 58.9 Å². The van der Waals surface area contributed by atoms with Gasteiger partial charge >= 0.3 is 6.03 Å². The predicted molar refractivity (Wildman–Crippen MR) is 115 cm³/mol. The van der Waals surface area contributed by atoms with Gasteiger partial charge in [-0.3, -0.25) is 19.8 Å². The van der Waals surface area contributed by atoms with Gasteiger partial charge in [-0.2, -0.15) is 0 Å². The van der Waals surface area contributed by atoms with Gasteiger partial charge in [0.15, 0.2) is 0 Å². The van der Waals surface area contributed by atoms with Crippen LogP contribution < -0.4 is 5.32 Å². The van der Waals surface area contributed by atoms with E-state index in [2.05, 4.69) is 22.0 Å². The Balaban J connectivity index is 1.70. The zero-order valence-corrected chi connectivity index (χ0v) is 17.7. The third-order valence-electron chi connectivity index (χ3n) is 6.14. The van der Waals surface area contributed by atoms with Gasteiger partial charge < -0.3 is 4.57 Å². The van der Waals surface area contributed by atoms with Gasteiger partial charge in [-0.1, -0.05) is 37.0 Å². The molecule has 156 valence electrons. The first-order chi connectivity index (χ1) is 14.4. The summed E-state index contributed by atoms with van der Waals surface area (Å²) in [4.78, 5) is 39.3. The standard InChI is InChI=1S/C24H27N3O3/c1-15-9-11-20(12-10-15)26-16(2)13-18(17(26)3)14-21-22(28)25-24(30)27(23(21)29)19-7-5-4-6-8-19/h9-14,19H,4-8H2,1-3H3,(H,25,28,30). The van der Waals surface area contributed by atoms with Crippen LogP contribution in [0.15, 0.2) is 35.9 Å². The van der Waals surface area contributed by atoms with Crippen LogP contribution in [-0.2, 0) is 9.59 Å². The number of benzene rings is 1. The molecule has 1 saturated carbocycles. The third kappa shape index (κ3) is 3.58. The minimum absolute atomic E-state index is 0.0179. The highest BCUT2D eigenvalue weighted by Gasteiger charge is 2.40. The molecule has 1 N–H and O–H groups in total. The molecule has 1 saturated heterocycles. The number of hydrogen-bond acceptors (Lipinski definition) is 3. The summed E-state index contributed by atoms with van der Waals surface area (Å²) in [6.45, 7) is 6.01. The molecule has 2 heterocycles.